The zero-order chi connectivity index (χ0) is 15.1. The lowest BCUT2D eigenvalue weighted by atomic mass is 9.98. The number of hydrogen-bond acceptors (Lipinski definition) is 3. The Labute approximate surface area is 117 Å². The molecule has 1 aromatic rings. The molecule has 0 amide bonds. The molecule has 1 aliphatic rings. The predicted molar refractivity (Wildman–Crippen MR) is 74.8 cm³/mol. The predicted octanol–water partition coefficient (Wildman–Crippen LogP) is 2.82. The van der Waals surface area contributed by atoms with Crippen LogP contribution in [0.5, 0.6) is 0 Å². The Morgan fingerprint density at radius 1 is 1.20 bits per heavy atom. The average Bonchev–Trinajstić information content (AvgIpc) is 2.31. The number of benzene rings is 1. The van der Waals surface area contributed by atoms with Gasteiger partial charge in [-0.3, -0.25) is 4.90 Å². The van der Waals surface area contributed by atoms with Crippen molar-refractivity contribution in [3.8, 4) is 0 Å². The van der Waals surface area contributed by atoms with Crippen molar-refractivity contribution in [3.63, 3.8) is 0 Å². The highest BCUT2D eigenvalue weighted by molar-refractivity contribution is 5.61. The molecule has 1 fully saturated rings. The van der Waals surface area contributed by atoms with E-state index in [0.29, 0.717) is 13.1 Å². The van der Waals surface area contributed by atoms with E-state index in [4.69, 9.17) is 5.73 Å². The summed E-state index contributed by atoms with van der Waals surface area (Å²) in [5.41, 5.74) is 5.03. The molecule has 0 unspecified atom stereocenters. The van der Waals surface area contributed by atoms with Crippen LogP contribution in [0.25, 0.3) is 0 Å². The van der Waals surface area contributed by atoms with Gasteiger partial charge in [0.25, 0.3) is 0 Å². The van der Waals surface area contributed by atoms with Crippen molar-refractivity contribution < 1.29 is 13.2 Å². The average molecular weight is 287 g/mol. The lowest BCUT2D eigenvalue weighted by molar-refractivity contribution is -0.137. The summed E-state index contributed by atoms with van der Waals surface area (Å²) in [5.74, 6) is 0. The van der Waals surface area contributed by atoms with E-state index in [0.717, 1.165) is 12.6 Å². The molecule has 1 aliphatic heterocycles. The minimum Gasteiger partial charge on any atom is -0.399 e. The molecule has 112 valence electrons. The van der Waals surface area contributed by atoms with E-state index in [1.165, 1.54) is 12.1 Å². The first-order valence-corrected chi connectivity index (χ1v) is 6.54. The van der Waals surface area contributed by atoms with Crippen molar-refractivity contribution in [1.82, 2.24) is 4.90 Å². The van der Waals surface area contributed by atoms with Crippen LogP contribution in [0.3, 0.4) is 0 Å². The summed E-state index contributed by atoms with van der Waals surface area (Å²) in [5, 5.41) is 0. The number of alkyl halides is 3. The van der Waals surface area contributed by atoms with E-state index >= 15 is 0 Å². The number of likely N-dealkylation sites (N-methyl/N-ethyl adjacent to an activating group) is 1. The Morgan fingerprint density at radius 3 is 2.40 bits per heavy atom. The number of anilines is 2. The van der Waals surface area contributed by atoms with Gasteiger partial charge in [0.05, 0.1) is 5.56 Å². The lowest BCUT2D eigenvalue weighted by Crippen LogP contribution is -2.58. The second-order valence-electron chi connectivity index (χ2n) is 5.93. The second-order valence-corrected chi connectivity index (χ2v) is 5.93. The molecule has 0 radical (unpaired) electrons. The minimum absolute atomic E-state index is 0.134. The van der Waals surface area contributed by atoms with E-state index in [1.54, 1.807) is 4.90 Å². The molecule has 0 bridgehead atoms. The van der Waals surface area contributed by atoms with Gasteiger partial charge in [-0.1, -0.05) is 0 Å². The van der Waals surface area contributed by atoms with Gasteiger partial charge in [-0.15, -0.1) is 0 Å². The van der Waals surface area contributed by atoms with Crippen molar-refractivity contribution in [3.05, 3.63) is 23.8 Å². The van der Waals surface area contributed by atoms with Crippen LogP contribution in [0.2, 0.25) is 0 Å². The molecule has 1 saturated heterocycles. The standard InChI is InChI=1S/C14H20F3N3/c1-13(2)9-20(7-6-19(13)3)12-5-4-10(18)8-11(12)14(15,16)17/h4-5,8H,6-7,9,18H2,1-3H3. The second kappa shape index (κ2) is 4.84. The zero-order valence-electron chi connectivity index (χ0n) is 12.0. The number of halogens is 3. The van der Waals surface area contributed by atoms with Gasteiger partial charge in [-0.2, -0.15) is 13.2 Å². The summed E-state index contributed by atoms with van der Waals surface area (Å²) in [4.78, 5) is 3.95. The van der Waals surface area contributed by atoms with Crippen LogP contribution >= 0.6 is 0 Å². The molecule has 20 heavy (non-hydrogen) atoms. The molecular weight excluding hydrogens is 267 g/mol. The molecule has 1 heterocycles. The Morgan fingerprint density at radius 2 is 1.85 bits per heavy atom. The Hall–Kier alpha value is -1.43. The maximum atomic E-state index is 13.2. The maximum Gasteiger partial charge on any atom is 0.418 e. The fraction of sp³-hybridized carbons (Fsp3) is 0.571. The first kappa shape index (κ1) is 15.0. The molecule has 0 aromatic heterocycles. The van der Waals surface area contributed by atoms with Crippen LogP contribution in [0, 0.1) is 0 Å². The highest BCUT2D eigenvalue weighted by Gasteiger charge is 2.38. The highest BCUT2D eigenvalue weighted by atomic mass is 19.4. The van der Waals surface area contributed by atoms with Crippen molar-refractivity contribution in [2.45, 2.75) is 25.6 Å². The molecule has 1 aromatic carbocycles. The van der Waals surface area contributed by atoms with Gasteiger partial charge in [-0.25, -0.2) is 0 Å². The molecule has 6 heteroatoms. The van der Waals surface area contributed by atoms with Gasteiger partial charge in [0, 0.05) is 36.5 Å². The third-order valence-corrected chi connectivity index (χ3v) is 3.98. The maximum absolute atomic E-state index is 13.2. The van der Waals surface area contributed by atoms with Gasteiger partial charge >= 0.3 is 6.18 Å². The van der Waals surface area contributed by atoms with E-state index in [9.17, 15) is 13.2 Å². The Bertz CT molecular complexity index is 497. The first-order valence-electron chi connectivity index (χ1n) is 6.54. The molecule has 0 spiro atoms. The van der Waals surface area contributed by atoms with Crippen molar-refractivity contribution in [2.24, 2.45) is 0 Å². The number of hydrogen-bond donors (Lipinski definition) is 1. The normalized spacial score (nSPS) is 20.2. The van der Waals surface area contributed by atoms with Crippen molar-refractivity contribution in [2.75, 3.05) is 37.3 Å². The van der Waals surface area contributed by atoms with Crippen LogP contribution in [0.4, 0.5) is 24.5 Å². The highest BCUT2D eigenvalue weighted by Crippen LogP contribution is 2.39. The third-order valence-electron chi connectivity index (χ3n) is 3.98. The fourth-order valence-corrected chi connectivity index (χ4v) is 2.50. The smallest absolute Gasteiger partial charge is 0.399 e. The lowest BCUT2D eigenvalue weighted by Gasteiger charge is -2.46. The summed E-state index contributed by atoms with van der Waals surface area (Å²) in [6.07, 6.45) is -4.39. The van der Waals surface area contributed by atoms with Crippen molar-refractivity contribution >= 4 is 11.4 Å². The topological polar surface area (TPSA) is 32.5 Å². The summed E-state index contributed by atoms with van der Waals surface area (Å²) in [6.45, 7) is 5.92. The molecule has 0 atom stereocenters. The van der Waals surface area contributed by atoms with E-state index in [-0.39, 0.29) is 16.9 Å². The summed E-state index contributed by atoms with van der Waals surface area (Å²) < 4.78 is 39.5. The van der Waals surface area contributed by atoms with Crippen LogP contribution < -0.4 is 10.6 Å². The molecular formula is C14H20F3N3. The van der Waals surface area contributed by atoms with Crippen LogP contribution in [-0.2, 0) is 6.18 Å². The van der Waals surface area contributed by atoms with Gasteiger partial charge in [0.1, 0.15) is 0 Å². The number of nitrogen functional groups attached to an aromatic ring is 1. The molecule has 0 saturated carbocycles. The van der Waals surface area contributed by atoms with Gasteiger partial charge < -0.3 is 10.6 Å². The first-order chi connectivity index (χ1) is 9.11. The molecule has 0 aliphatic carbocycles. The fourth-order valence-electron chi connectivity index (χ4n) is 2.50. The number of nitrogens with zero attached hydrogens (tertiary/aromatic N) is 2. The Kier molecular flexibility index (Phi) is 3.62. The Balaban J connectivity index is 2.39. The summed E-state index contributed by atoms with van der Waals surface area (Å²) in [6, 6.07) is 4.01. The SMILES string of the molecule is CN1CCN(c2ccc(N)cc2C(F)(F)F)CC1(C)C. The van der Waals surface area contributed by atoms with E-state index < -0.39 is 11.7 Å². The number of nitrogens with two attached hydrogens (primary N) is 1. The monoisotopic (exact) mass is 287 g/mol. The van der Waals surface area contributed by atoms with E-state index in [2.05, 4.69) is 4.90 Å². The summed E-state index contributed by atoms with van der Waals surface area (Å²) in [7, 11) is 1.99. The van der Waals surface area contributed by atoms with Crippen LogP contribution in [0.1, 0.15) is 19.4 Å². The van der Waals surface area contributed by atoms with Crippen LogP contribution in [-0.4, -0.2) is 37.1 Å². The largest absolute Gasteiger partial charge is 0.418 e. The molecule has 2 rings (SSSR count). The third kappa shape index (κ3) is 2.85. The number of piperazine rings is 1. The van der Waals surface area contributed by atoms with Gasteiger partial charge in [-0.05, 0) is 39.1 Å². The number of rotatable bonds is 1. The van der Waals surface area contributed by atoms with Gasteiger partial charge in [0.2, 0.25) is 0 Å². The van der Waals surface area contributed by atoms with Crippen LogP contribution in [0.15, 0.2) is 18.2 Å². The zero-order valence-corrected chi connectivity index (χ0v) is 12.0. The minimum atomic E-state index is -4.39. The summed E-state index contributed by atoms with van der Waals surface area (Å²) >= 11 is 0. The quantitative estimate of drug-likeness (QED) is 0.806. The van der Waals surface area contributed by atoms with Crippen molar-refractivity contribution in [1.29, 1.82) is 0 Å². The molecule has 2 N–H and O–H groups in total. The van der Waals surface area contributed by atoms with Gasteiger partial charge in [0.15, 0.2) is 0 Å². The van der Waals surface area contributed by atoms with E-state index in [1.807, 2.05) is 20.9 Å². The molecule has 3 nitrogen and oxygen atoms in total.